The highest BCUT2D eigenvalue weighted by Gasteiger charge is 2.20. The Bertz CT molecular complexity index is 658. The topological polar surface area (TPSA) is 24.1 Å². The SMILES string of the molecule is CC(I)NC(NCC1=CCC(c2ccccc2)C=C1)C1C=CC=CC1. The summed E-state index contributed by atoms with van der Waals surface area (Å²) in [7, 11) is 0. The molecule has 1 aromatic rings. The second-order valence-corrected chi connectivity index (χ2v) is 8.61. The smallest absolute Gasteiger partial charge is 0.0650 e. The van der Waals surface area contributed by atoms with Crippen molar-refractivity contribution >= 4 is 22.6 Å². The largest absolute Gasteiger partial charge is 0.297 e. The van der Waals surface area contributed by atoms with Gasteiger partial charge in [0.05, 0.1) is 10.2 Å². The molecular formula is C22H27IN2. The average molecular weight is 446 g/mol. The van der Waals surface area contributed by atoms with Crippen LogP contribution in [0.1, 0.15) is 31.2 Å². The zero-order valence-corrected chi connectivity index (χ0v) is 16.9. The summed E-state index contributed by atoms with van der Waals surface area (Å²) in [5.74, 6) is 1.02. The molecule has 2 nitrogen and oxygen atoms in total. The van der Waals surface area contributed by atoms with Gasteiger partial charge in [-0.3, -0.25) is 10.6 Å². The van der Waals surface area contributed by atoms with Gasteiger partial charge in [-0.25, -0.2) is 0 Å². The highest BCUT2D eigenvalue weighted by Crippen LogP contribution is 2.26. The molecule has 1 aromatic carbocycles. The number of halogens is 1. The van der Waals surface area contributed by atoms with Gasteiger partial charge in [-0.2, -0.15) is 0 Å². The molecule has 0 amide bonds. The van der Waals surface area contributed by atoms with Crippen LogP contribution in [-0.4, -0.2) is 16.8 Å². The summed E-state index contributed by atoms with van der Waals surface area (Å²) in [6.07, 6.45) is 18.3. The van der Waals surface area contributed by atoms with E-state index in [2.05, 4.69) is 113 Å². The second-order valence-electron chi connectivity index (χ2n) is 6.74. The van der Waals surface area contributed by atoms with E-state index in [9.17, 15) is 0 Å². The van der Waals surface area contributed by atoms with E-state index in [4.69, 9.17) is 0 Å². The number of benzene rings is 1. The third-order valence-corrected chi connectivity index (χ3v) is 5.14. The molecule has 0 bridgehead atoms. The van der Waals surface area contributed by atoms with Gasteiger partial charge in [0.15, 0.2) is 0 Å². The van der Waals surface area contributed by atoms with Gasteiger partial charge in [-0.15, -0.1) is 0 Å². The minimum absolute atomic E-state index is 0.300. The molecule has 25 heavy (non-hydrogen) atoms. The normalized spacial score (nSPS) is 24.8. The summed E-state index contributed by atoms with van der Waals surface area (Å²) in [6.45, 7) is 3.11. The monoisotopic (exact) mass is 446 g/mol. The van der Waals surface area contributed by atoms with Crippen molar-refractivity contribution in [3.8, 4) is 0 Å². The third kappa shape index (κ3) is 5.66. The van der Waals surface area contributed by atoms with E-state index < -0.39 is 0 Å². The van der Waals surface area contributed by atoms with E-state index in [1.807, 2.05) is 0 Å². The summed E-state index contributed by atoms with van der Waals surface area (Å²) < 4.78 is 0.438. The molecule has 0 radical (unpaired) electrons. The second kappa shape index (κ2) is 9.51. The Morgan fingerprint density at radius 3 is 2.60 bits per heavy atom. The molecule has 0 fully saturated rings. The maximum atomic E-state index is 3.72. The van der Waals surface area contributed by atoms with Gasteiger partial charge in [-0.1, -0.05) is 95.5 Å². The van der Waals surface area contributed by atoms with Crippen molar-refractivity contribution in [3.63, 3.8) is 0 Å². The van der Waals surface area contributed by atoms with Gasteiger partial charge < -0.3 is 0 Å². The van der Waals surface area contributed by atoms with E-state index in [0.29, 0.717) is 22.1 Å². The lowest BCUT2D eigenvalue weighted by Gasteiger charge is -2.29. The van der Waals surface area contributed by atoms with Crippen LogP contribution in [0.2, 0.25) is 0 Å². The molecule has 132 valence electrons. The van der Waals surface area contributed by atoms with Crippen molar-refractivity contribution in [1.82, 2.24) is 10.6 Å². The number of nitrogens with one attached hydrogen (secondary N) is 2. The highest BCUT2D eigenvalue weighted by atomic mass is 127. The van der Waals surface area contributed by atoms with E-state index in [-0.39, 0.29) is 0 Å². The molecule has 2 aliphatic rings. The standard InChI is InChI=1S/C22H27IN2/c1-17(23)25-22(21-10-6-3-7-11-21)24-16-18-12-14-20(15-13-18)19-8-4-2-5-9-19/h2-10,12-14,17,20-22,24-25H,11,15-16H2,1H3. The van der Waals surface area contributed by atoms with E-state index in [0.717, 1.165) is 19.4 Å². The summed E-state index contributed by atoms with van der Waals surface area (Å²) >= 11 is 2.44. The fraction of sp³-hybridized carbons (Fsp3) is 0.364. The van der Waals surface area contributed by atoms with Gasteiger partial charge in [-0.05, 0) is 30.9 Å². The Hall–Kier alpha value is -1.17. The van der Waals surface area contributed by atoms with Gasteiger partial charge in [0.1, 0.15) is 0 Å². The van der Waals surface area contributed by atoms with Crippen LogP contribution in [0, 0.1) is 5.92 Å². The van der Waals surface area contributed by atoms with Gasteiger partial charge >= 0.3 is 0 Å². The predicted octanol–water partition coefficient (Wildman–Crippen LogP) is 5.08. The molecular weight excluding hydrogens is 419 g/mol. The lowest BCUT2D eigenvalue weighted by atomic mass is 9.90. The van der Waals surface area contributed by atoms with Crippen molar-refractivity contribution in [1.29, 1.82) is 0 Å². The van der Waals surface area contributed by atoms with Crippen LogP contribution in [-0.2, 0) is 0 Å². The molecule has 2 aliphatic carbocycles. The van der Waals surface area contributed by atoms with Crippen molar-refractivity contribution in [2.24, 2.45) is 5.92 Å². The number of rotatable bonds is 7. The summed E-state index contributed by atoms with van der Waals surface area (Å²) in [4.78, 5) is 0. The molecule has 2 N–H and O–H groups in total. The van der Waals surface area contributed by atoms with Gasteiger partial charge in [0, 0.05) is 18.4 Å². The number of hydrogen-bond acceptors (Lipinski definition) is 2. The third-order valence-electron chi connectivity index (χ3n) is 4.78. The maximum Gasteiger partial charge on any atom is 0.0650 e. The van der Waals surface area contributed by atoms with Gasteiger partial charge in [0.2, 0.25) is 0 Å². The maximum absolute atomic E-state index is 3.72. The molecule has 3 rings (SSSR count). The Morgan fingerprint density at radius 2 is 1.96 bits per heavy atom. The van der Waals surface area contributed by atoms with Crippen LogP contribution in [0.4, 0.5) is 0 Å². The first-order valence-corrected chi connectivity index (χ1v) is 10.4. The van der Waals surface area contributed by atoms with Crippen LogP contribution in [0.25, 0.3) is 0 Å². The molecule has 0 saturated carbocycles. The summed E-state index contributed by atoms with van der Waals surface area (Å²) in [6, 6.07) is 10.8. The quantitative estimate of drug-likeness (QED) is 0.264. The minimum Gasteiger partial charge on any atom is -0.297 e. The number of allylic oxidation sites excluding steroid dienone is 5. The van der Waals surface area contributed by atoms with Crippen molar-refractivity contribution < 1.29 is 0 Å². The first kappa shape index (κ1) is 18.6. The Morgan fingerprint density at radius 1 is 1.12 bits per heavy atom. The van der Waals surface area contributed by atoms with E-state index >= 15 is 0 Å². The molecule has 0 aliphatic heterocycles. The van der Waals surface area contributed by atoms with Crippen LogP contribution in [0.15, 0.2) is 78.4 Å². The van der Waals surface area contributed by atoms with Crippen molar-refractivity contribution in [2.45, 2.75) is 35.9 Å². The number of hydrogen-bond donors (Lipinski definition) is 2. The zero-order valence-electron chi connectivity index (χ0n) is 14.7. The molecule has 0 saturated heterocycles. The molecule has 0 aromatic heterocycles. The molecule has 4 unspecified atom stereocenters. The van der Waals surface area contributed by atoms with E-state index in [1.165, 1.54) is 11.1 Å². The molecule has 0 heterocycles. The van der Waals surface area contributed by atoms with Gasteiger partial charge in [0.25, 0.3) is 0 Å². The molecule has 0 spiro atoms. The Balaban J connectivity index is 1.55. The van der Waals surface area contributed by atoms with Crippen molar-refractivity contribution in [3.05, 3.63) is 84.0 Å². The van der Waals surface area contributed by atoms with Crippen LogP contribution < -0.4 is 10.6 Å². The lowest BCUT2D eigenvalue weighted by Crippen LogP contribution is -2.49. The minimum atomic E-state index is 0.300. The first-order chi connectivity index (χ1) is 12.2. The fourth-order valence-corrected chi connectivity index (χ4v) is 3.79. The Kier molecular flexibility index (Phi) is 7.08. The van der Waals surface area contributed by atoms with Crippen LogP contribution in [0.3, 0.4) is 0 Å². The van der Waals surface area contributed by atoms with Crippen molar-refractivity contribution in [2.75, 3.05) is 6.54 Å². The molecule has 4 atom stereocenters. The fourth-order valence-electron chi connectivity index (χ4n) is 3.40. The highest BCUT2D eigenvalue weighted by molar-refractivity contribution is 14.1. The average Bonchev–Trinajstić information content (AvgIpc) is 2.67. The number of alkyl halides is 1. The van der Waals surface area contributed by atoms with Crippen LogP contribution in [0.5, 0.6) is 0 Å². The zero-order chi connectivity index (χ0) is 17.5. The predicted molar refractivity (Wildman–Crippen MR) is 116 cm³/mol. The van der Waals surface area contributed by atoms with E-state index in [1.54, 1.807) is 0 Å². The lowest BCUT2D eigenvalue weighted by molar-refractivity contribution is 0.353. The first-order valence-electron chi connectivity index (χ1n) is 9.11. The molecule has 3 heteroatoms. The summed E-state index contributed by atoms with van der Waals surface area (Å²) in [5, 5.41) is 7.39. The van der Waals surface area contributed by atoms with Crippen LogP contribution >= 0.6 is 22.6 Å². The Labute approximate surface area is 165 Å². The summed E-state index contributed by atoms with van der Waals surface area (Å²) in [5.41, 5.74) is 2.79.